The van der Waals surface area contributed by atoms with Gasteiger partial charge in [-0.2, -0.15) is 10.2 Å². The van der Waals surface area contributed by atoms with Gasteiger partial charge in [0.2, 0.25) is 0 Å². The van der Waals surface area contributed by atoms with Crippen LogP contribution in [-0.2, 0) is 17.8 Å². The molecule has 2 aromatic heterocycles. The van der Waals surface area contributed by atoms with Crippen LogP contribution in [0.15, 0.2) is 47.5 Å². The van der Waals surface area contributed by atoms with Crippen LogP contribution in [0.25, 0.3) is 5.82 Å². The van der Waals surface area contributed by atoms with E-state index in [2.05, 4.69) is 34.4 Å². The number of carbonyl (C=O) groups excluding carboxylic acids is 1. The average Bonchev–Trinajstić information content (AvgIpc) is 3.26. The van der Waals surface area contributed by atoms with Crippen LogP contribution in [0.2, 0.25) is 0 Å². The third-order valence-corrected chi connectivity index (χ3v) is 5.28. The van der Waals surface area contributed by atoms with Gasteiger partial charge >= 0.3 is 0 Å². The van der Waals surface area contributed by atoms with Gasteiger partial charge in [0.05, 0.1) is 18.0 Å². The number of aromatic nitrogens is 4. The fourth-order valence-corrected chi connectivity index (χ4v) is 3.76. The van der Waals surface area contributed by atoms with Crippen molar-refractivity contribution in [3.05, 3.63) is 65.1 Å². The molecule has 0 bridgehead atoms. The molecule has 1 aliphatic rings. The topological polar surface area (TPSA) is 80.9 Å². The molecular weight excluding hydrogens is 336 g/mol. The number of thioether (sulfide) groups is 1. The first-order valence-corrected chi connectivity index (χ1v) is 8.78. The predicted molar refractivity (Wildman–Crippen MR) is 93.6 cm³/mol. The molecule has 126 valence electrons. The molecule has 6 nitrogen and oxygen atoms in total. The number of rotatable bonds is 4. The highest BCUT2D eigenvalue weighted by atomic mass is 32.2. The SMILES string of the molecule is CC(c1ccc2c(c1)SC(=O)C2)c1ccn(-c2ccc(CO)nn2)n1. The molecule has 25 heavy (non-hydrogen) atoms. The monoisotopic (exact) mass is 352 g/mol. The molecule has 3 aromatic rings. The quantitative estimate of drug-likeness (QED) is 0.777. The zero-order chi connectivity index (χ0) is 17.4. The number of carbonyl (C=O) groups is 1. The first kappa shape index (κ1) is 16.0. The van der Waals surface area contributed by atoms with E-state index in [0.717, 1.165) is 21.7 Å². The Balaban J connectivity index is 1.59. The summed E-state index contributed by atoms with van der Waals surface area (Å²) in [4.78, 5) is 12.6. The van der Waals surface area contributed by atoms with Crippen molar-refractivity contribution in [1.29, 1.82) is 0 Å². The highest BCUT2D eigenvalue weighted by Gasteiger charge is 2.21. The molecule has 1 atom stereocenters. The van der Waals surface area contributed by atoms with Crippen molar-refractivity contribution >= 4 is 16.9 Å². The zero-order valence-electron chi connectivity index (χ0n) is 13.6. The Morgan fingerprint density at radius 1 is 1.24 bits per heavy atom. The fraction of sp³-hybridized carbons (Fsp3) is 0.222. The third kappa shape index (κ3) is 3.08. The second kappa shape index (κ2) is 6.42. The maximum absolute atomic E-state index is 11.6. The Bertz CT molecular complexity index is 937. The molecule has 3 heterocycles. The van der Waals surface area contributed by atoms with Crippen LogP contribution in [0.5, 0.6) is 0 Å². The van der Waals surface area contributed by atoms with Gasteiger partial charge in [0.1, 0.15) is 0 Å². The predicted octanol–water partition coefficient (Wildman–Crippen LogP) is 2.48. The van der Waals surface area contributed by atoms with E-state index in [-0.39, 0.29) is 17.6 Å². The lowest BCUT2D eigenvalue weighted by molar-refractivity contribution is -0.110. The lowest BCUT2D eigenvalue weighted by Crippen LogP contribution is -2.04. The van der Waals surface area contributed by atoms with E-state index in [4.69, 9.17) is 5.11 Å². The summed E-state index contributed by atoms with van der Waals surface area (Å²) in [6.07, 6.45) is 2.37. The van der Waals surface area contributed by atoms with Crippen LogP contribution in [0, 0.1) is 0 Å². The summed E-state index contributed by atoms with van der Waals surface area (Å²) in [5.41, 5.74) is 3.68. The van der Waals surface area contributed by atoms with E-state index in [1.54, 1.807) is 16.8 Å². The van der Waals surface area contributed by atoms with Crippen molar-refractivity contribution < 1.29 is 9.90 Å². The molecule has 0 saturated carbocycles. The summed E-state index contributed by atoms with van der Waals surface area (Å²) >= 11 is 1.32. The zero-order valence-corrected chi connectivity index (χ0v) is 14.4. The van der Waals surface area contributed by atoms with Crippen molar-refractivity contribution in [3.8, 4) is 5.82 Å². The van der Waals surface area contributed by atoms with E-state index in [1.165, 1.54) is 11.8 Å². The van der Waals surface area contributed by atoms with E-state index in [1.807, 2.05) is 18.3 Å². The first-order chi connectivity index (χ1) is 12.1. The normalized spacial score (nSPS) is 14.6. The summed E-state index contributed by atoms with van der Waals surface area (Å²) in [5.74, 6) is 0.707. The molecule has 0 amide bonds. The van der Waals surface area contributed by atoms with Crippen LogP contribution in [0.1, 0.15) is 35.4 Å². The molecular formula is C18H16N4O2S. The second-order valence-corrected chi connectivity index (χ2v) is 7.07. The van der Waals surface area contributed by atoms with E-state index in [0.29, 0.717) is 17.9 Å². The Morgan fingerprint density at radius 3 is 2.88 bits per heavy atom. The number of benzene rings is 1. The van der Waals surface area contributed by atoms with Crippen LogP contribution < -0.4 is 0 Å². The number of hydrogen-bond donors (Lipinski definition) is 1. The van der Waals surface area contributed by atoms with Gasteiger partial charge in [-0.05, 0) is 35.4 Å². The van der Waals surface area contributed by atoms with Crippen LogP contribution in [-0.4, -0.2) is 30.2 Å². The maximum Gasteiger partial charge on any atom is 0.198 e. The van der Waals surface area contributed by atoms with Gasteiger partial charge in [-0.3, -0.25) is 4.79 Å². The van der Waals surface area contributed by atoms with E-state index >= 15 is 0 Å². The van der Waals surface area contributed by atoms with Crippen molar-refractivity contribution in [2.75, 3.05) is 0 Å². The highest BCUT2D eigenvalue weighted by Crippen LogP contribution is 2.35. The van der Waals surface area contributed by atoms with E-state index in [9.17, 15) is 4.79 Å². The molecule has 1 aliphatic heterocycles. The minimum atomic E-state index is -0.131. The molecule has 1 aromatic carbocycles. The van der Waals surface area contributed by atoms with Gasteiger partial charge in [-0.15, -0.1) is 5.10 Å². The minimum Gasteiger partial charge on any atom is -0.390 e. The van der Waals surface area contributed by atoms with E-state index < -0.39 is 0 Å². The third-order valence-electron chi connectivity index (χ3n) is 4.31. The number of fused-ring (bicyclic) bond motifs is 1. The molecule has 7 heteroatoms. The lowest BCUT2D eigenvalue weighted by Gasteiger charge is -2.10. The van der Waals surface area contributed by atoms with Crippen molar-refractivity contribution in [3.63, 3.8) is 0 Å². The van der Waals surface area contributed by atoms with Crippen molar-refractivity contribution in [2.45, 2.75) is 30.8 Å². The summed E-state index contributed by atoms with van der Waals surface area (Å²) in [7, 11) is 0. The Morgan fingerprint density at radius 2 is 2.12 bits per heavy atom. The lowest BCUT2D eigenvalue weighted by atomic mass is 9.96. The molecule has 0 saturated heterocycles. The van der Waals surface area contributed by atoms with Crippen LogP contribution >= 0.6 is 11.8 Å². The van der Waals surface area contributed by atoms with Crippen molar-refractivity contribution in [2.24, 2.45) is 0 Å². The molecule has 1 unspecified atom stereocenters. The number of nitrogens with zero attached hydrogens (tertiary/aromatic N) is 4. The molecule has 0 spiro atoms. The smallest absolute Gasteiger partial charge is 0.198 e. The molecule has 0 fully saturated rings. The Hall–Kier alpha value is -2.51. The minimum absolute atomic E-state index is 0.104. The van der Waals surface area contributed by atoms with Gasteiger partial charge < -0.3 is 5.11 Å². The summed E-state index contributed by atoms with van der Waals surface area (Å²) in [6, 6.07) is 11.6. The van der Waals surface area contributed by atoms with Gasteiger partial charge in [0.25, 0.3) is 0 Å². The van der Waals surface area contributed by atoms with Crippen molar-refractivity contribution in [1.82, 2.24) is 20.0 Å². The number of aliphatic hydroxyl groups excluding tert-OH is 1. The number of aliphatic hydroxyl groups is 1. The second-order valence-electron chi connectivity index (χ2n) is 5.97. The first-order valence-electron chi connectivity index (χ1n) is 7.97. The summed E-state index contributed by atoms with van der Waals surface area (Å²) in [5, 5.41) is 21.8. The largest absolute Gasteiger partial charge is 0.390 e. The van der Waals surface area contributed by atoms with Crippen LogP contribution in [0.3, 0.4) is 0 Å². The van der Waals surface area contributed by atoms with Gasteiger partial charge in [0.15, 0.2) is 10.9 Å². The Labute approximate surface area is 148 Å². The van der Waals surface area contributed by atoms with Gasteiger partial charge in [-0.1, -0.05) is 30.8 Å². The summed E-state index contributed by atoms with van der Waals surface area (Å²) in [6.45, 7) is 1.96. The molecule has 0 aliphatic carbocycles. The van der Waals surface area contributed by atoms with Gasteiger partial charge in [-0.25, -0.2) is 4.68 Å². The van der Waals surface area contributed by atoms with Crippen LogP contribution in [0.4, 0.5) is 0 Å². The Kier molecular flexibility index (Phi) is 4.10. The summed E-state index contributed by atoms with van der Waals surface area (Å²) < 4.78 is 1.67. The number of hydrogen-bond acceptors (Lipinski definition) is 6. The molecule has 0 radical (unpaired) electrons. The molecule has 4 rings (SSSR count). The average molecular weight is 352 g/mol. The standard InChI is InChI=1S/C18H16N4O2S/c1-11(12-2-3-13-9-18(24)25-16(13)8-12)15-6-7-22(21-15)17-5-4-14(10-23)19-20-17/h2-8,11,23H,9-10H2,1H3. The highest BCUT2D eigenvalue weighted by molar-refractivity contribution is 8.14. The molecule has 1 N–H and O–H groups in total. The van der Waals surface area contributed by atoms with Gasteiger partial charge in [0, 0.05) is 23.4 Å². The maximum atomic E-state index is 11.6. The fourth-order valence-electron chi connectivity index (χ4n) is 2.82.